The fourth-order valence-corrected chi connectivity index (χ4v) is 8.00. The second-order valence-electron chi connectivity index (χ2n) is 15.0. The van der Waals surface area contributed by atoms with Gasteiger partial charge in [-0.3, -0.25) is 10.4 Å². The number of nitrogens with one attached hydrogen (secondary N) is 2. The van der Waals surface area contributed by atoms with Gasteiger partial charge in [-0.1, -0.05) is 188 Å². The minimum absolute atomic E-state index is 0.101. The van der Waals surface area contributed by atoms with E-state index in [1.54, 1.807) is 0 Å². The van der Waals surface area contributed by atoms with Crippen LogP contribution in [-0.4, -0.2) is 12.4 Å². The first kappa shape index (κ1) is 38.5. The van der Waals surface area contributed by atoms with E-state index in [2.05, 4.69) is 170 Å². The molecule has 2 N–H and O–H groups in total. The minimum Gasteiger partial charge on any atom is -0.374 e. The average Bonchev–Trinajstić information content (AvgIpc) is 3.30. The van der Waals surface area contributed by atoms with Gasteiger partial charge in [-0.25, -0.2) is 0 Å². The lowest BCUT2D eigenvalue weighted by Crippen LogP contribution is -2.20. The zero-order valence-corrected chi connectivity index (χ0v) is 33.8. The molecule has 1 aliphatic heterocycles. The maximum absolute atomic E-state index is 8.34. The Kier molecular flexibility index (Phi) is 11.4. The molecule has 1 unspecified atom stereocenters. The molecule has 3 nitrogen and oxygen atoms in total. The molecule has 59 heavy (non-hydrogen) atoms. The van der Waals surface area contributed by atoms with Gasteiger partial charge in [-0.2, -0.15) is 0 Å². The normalized spacial score (nSPS) is 13.7. The van der Waals surface area contributed by atoms with Crippen LogP contribution < -0.4 is 5.32 Å². The van der Waals surface area contributed by atoms with Crippen LogP contribution in [-0.2, 0) is 0 Å². The largest absolute Gasteiger partial charge is 0.374 e. The summed E-state index contributed by atoms with van der Waals surface area (Å²) in [6.45, 7) is 9.83. The first-order valence-corrected chi connectivity index (χ1v) is 20.1. The lowest BCUT2D eigenvalue weighted by molar-refractivity contribution is 0.763. The molecule has 0 saturated carbocycles. The van der Waals surface area contributed by atoms with Crippen molar-refractivity contribution < 1.29 is 0 Å². The average molecular weight is 762 g/mol. The quantitative estimate of drug-likeness (QED) is 0.118. The van der Waals surface area contributed by atoms with E-state index in [1.165, 1.54) is 60.5 Å². The van der Waals surface area contributed by atoms with Crippen molar-refractivity contribution in [1.29, 1.82) is 5.41 Å². The number of fused-ring (bicyclic) bond motifs is 3. The Labute approximate surface area is 348 Å². The Balaban J connectivity index is 0.000000204. The Bertz CT molecular complexity index is 2900. The number of allylic oxidation sites excluding steroid dienone is 3. The summed E-state index contributed by atoms with van der Waals surface area (Å²) in [7, 11) is 0. The van der Waals surface area contributed by atoms with E-state index in [-0.39, 0.29) is 6.04 Å². The van der Waals surface area contributed by atoms with Crippen molar-refractivity contribution in [1.82, 2.24) is 5.32 Å². The van der Waals surface area contributed by atoms with Crippen LogP contribution in [0.1, 0.15) is 46.3 Å². The highest BCUT2D eigenvalue weighted by atomic mass is 14.9. The van der Waals surface area contributed by atoms with Gasteiger partial charge in [-0.05, 0) is 112 Å². The third-order valence-electron chi connectivity index (χ3n) is 11.1. The van der Waals surface area contributed by atoms with Crippen LogP contribution >= 0.6 is 0 Å². The SMILES string of the molecule is C=N/C(=C(/C)C(=N)c1ccccc1)c1ccccc1C.Cc1cc(-c2cc3ccccc3c3ccccc23)cc(C2C=CC=C(c3ccc(-c4ccccc4)cc3)N2)c1. The summed E-state index contributed by atoms with van der Waals surface area (Å²) < 4.78 is 0. The van der Waals surface area contributed by atoms with Crippen molar-refractivity contribution in [3.05, 3.63) is 239 Å². The van der Waals surface area contributed by atoms with Crippen LogP contribution in [0, 0.1) is 19.3 Å². The van der Waals surface area contributed by atoms with Crippen molar-refractivity contribution in [3.63, 3.8) is 0 Å². The van der Waals surface area contributed by atoms with Crippen molar-refractivity contribution in [2.24, 2.45) is 4.99 Å². The molecule has 0 spiro atoms. The van der Waals surface area contributed by atoms with Gasteiger partial charge in [0.2, 0.25) is 0 Å². The predicted molar refractivity (Wildman–Crippen MR) is 253 cm³/mol. The van der Waals surface area contributed by atoms with Crippen LogP contribution in [0.4, 0.5) is 0 Å². The van der Waals surface area contributed by atoms with Gasteiger partial charge in [-0.15, -0.1) is 0 Å². The fourth-order valence-electron chi connectivity index (χ4n) is 8.00. The first-order valence-electron chi connectivity index (χ1n) is 20.1. The molecule has 1 atom stereocenters. The number of aryl methyl sites for hydroxylation is 2. The van der Waals surface area contributed by atoms with Gasteiger partial charge in [0.1, 0.15) is 0 Å². The summed E-state index contributed by atoms with van der Waals surface area (Å²) in [6.07, 6.45) is 6.59. The third kappa shape index (κ3) is 8.37. The number of hydrogen-bond acceptors (Lipinski definition) is 3. The number of dihydropyridines is 1. The fraction of sp³-hybridized carbons (Fsp3) is 0.0714. The Morgan fingerprint density at radius 3 is 1.93 bits per heavy atom. The molecule has 286 valence electrons. The van der Waals surface area contributed by atoms with Crippen molar-refractivity contribution in [3.8, 4) is 22.3 Å². The third-order valence-corrected chi connectivity index (χ3v) is 11.1. The van der Waals surface area contributed by atoms with Crippen molar-refractivity contribution in [2.45, 2.75) is 26.8 Å². The molecular weight excluding hydrogens is 715 g/mol. The Hall–Kier alpha value is -7.36. The van der Waals surface area contributed by atoms with Crippen LogP contribution in [0.15, 0.2) is 211 Å². The number of nitrogens with zero attached hydrogens (tertiary/aromatic N) is 1. The lowest BCUT2D eigenvalue weighted by atomic mass is 9.90. The molecule has 0 aromatic heterocycles. The molecule has 0 fully saturated rings. The van der Waals surface area contributed by atoms with Crippen molar-refractivity contribution in [2.75, 3.05) is 0 Å². The summed E-state index contributed by atoms with van der Waals surface area (Å²) in [5.74, 6) is 0. The molecule has 9 rings (SSSR count). The second-order valence-corrected chi connectivity index (χ2v) is 15.0. The summed E-state index contributed by atoms with van der Waals surface area (Å²) in [5, 5.41) is 17.3. The zero-order chi connectivity index (χ0) is 40.7. The summed E-state index contributed by atoms with van der Waals surface area (Å²) >= 11 is 0. The molecule has 0 bridgehead atoms. The summed E-state index contributed by atoms with van der Waals surface area (Å²) in [6, 6.07) is 63.9. The van der Waals surface area contributed by atoms with Crippen LogP contribution in [0.25, 0.3) is 55.2 Å². The van der Waals surface area contributed by atoms with Crippen LogP contribution in [0.5, 0.6) is 0 Å². The Morgan fingerprint density at radius 2 is 1.20 bits per heavy atom. The molecule has 1 heterocycles. The maximum Gasteiger partial charge on any atom is 0.0747 e. The van der Waals surface area contributed by atoms with Gasteiger partial charge >= 0.3 is 0 Å². The molecular formula is C56H47N3. The van der Waals surface area contributed by atoms with E-state index in [9.17, 15) is 0 Å². The van der Waals surface area contributed by atoms with Gasteiger partial charge in [0.15, 0.2) is 0 Å². The van der Waals surface area contributed by atoms with Gasteiger partial charge in [0.25, 0.3) is 0 Å². The highest BCUT2D eigenvalue weighted by molar-refractivity contribution is 6.15. The van der Waals surface area contributed by atoms with Crippen molar-refractivity contribution >= 4 is 45.4 Å². The highest BCUT2D eigenvalue weighted by Crippen LogP contribution is 2.37. The molecule has 0 saturated heterocycles. The van der Waals surface area contributed by atoms with E-state index in [0.717, 1.165) is 33.7 Å². The zero-order valence-electron chi connectivity index (χ0n) is 33.8. The van der Waals surface area contributed by atoms with Gasteiger partial charge < -0.3 is 5.32 Å². The number of benzene rings is 8. The van der Waals surface area contributed by atoms with E-state index in [0.29, 0.717) is 5.71 Å². The van der Waals surface area contributed by atoms with Crippen LogP contribution in [0.2, 0.25) is 0 Å². The molecule has 8 aromatic carbocycles. The van der Waals surface area contributed by atoms with Gasteiger partial charge in [0, 0.05) is 16.8 Å². The topological polar surface area (TPSA) is 48.2 Å². The Morgan fingerprint density at radius 1 is 0.593 bits per heavy atom. The van der Waals surface area contributed by atoms with E-state index in [4.69, 9.17) is 5.41 Å². The van der Waals surface area contributed by atoms with Crippen LogP contribution in [0.3, 0.4) is 0 Å². The minimum atomic E-state index is 0.101. The molecule has 0 amide bonds. The van der Waals surface area contributed by atoms with E-state index in [1.807, 2.05) is 68.4 Å². The molecule has 1 aliphatic rings. The number of rotatable bonds is 8. The standard InChI is InChI=1S/C38H29N.C18H18N2/c1-26-22-31(36-25-30-12-5-6-13-33(30)34-14-7-8-15-35(34)36)24-32(23-26)38-17-9-16-37(39-38)29-20-18-28(19-21-29)27-10-3-2-4-11-27;1-13-9-7-8-12-16(13)18(20-3)14(2)17(19)15-10-5-4-6-11-15/h2-25,38-39H,1H3;4-12,19H,3H2,1-2H3/b;18-14-,19-17?. The van der Waals surface area contributed by atoms with E-state index < -0.39 is 0 Å². The number of hydrogen-bond donors (Lipinski definition) is 2. The van der Waals surface area contributed by atoms with Gasteiger partial charge in [0.05, 0.1) is 17.5 Å². The maximum atomic E-state index is 8.34. The molecule has 0 aliphatic carbocycles. The summed E-state index contributed by atoms with van der Waals surface area (Å²) in [4.78, 5) is 4.15. The second kappa shape index (κ2) is 17.4. The summed E-state index contributed by atoms with van der Waals surface area (Å²) in [5.41, 5.74) is 15.0. The predicted octanol–water partition coefficient (Wildman–Crippen LogP) is 14.4. The highest BCUT2D eigenvalue weighted by Gasteiger charge is 2.17. The first-order chi connectivity index (χ1) is 28.9. The monoisotopic (exact) mass is 761 g/mol. The van der Waals surface area contributed by atoms with E-state index >= 15 is 0 Å². The lowest BCUT2D eigenvalue weighted by Gasteiger charge is -2.24. The smallest absolute Gasteiger partial charge is 0.0747 e. The molecule has 8 aromatic rings. The number of aliphatic imine (C=N–C) groups is 1. The molecule has 3 heteroatoms. The molecule has 0 radical (unpaired) electrons.